The topological polar surface area (TPSA) is 8.82 Å². The van der Waals surface area contributed by atoms with Gasteiger partial charge in [0.25, 0.3) is 0 Å². The lowest BCUT2D eigenvalue weighted by atomic mass is 9.88. The molecule has 0 aliphatic rings. The van der Waals surface area contributed by atoms with Crippen LogP contribution >= 0.6 is 0 Å². The molecule has 0 bridgehead atoms. The van der Waals surface area contributed by atoms with Crippen molar-refractivity contribution in [2.75, 3.05) is 0 Å². The van der Waals surface area contributed by atoms with E-state index in [-0.39, 0.29) is 0 Å². The molecule has 0 atom stereocenters. The maximum absolute atomic E-state index is 2.56. The first kappa shape index (κ1) is 47.4. The van der Waals surface area contributed by atoms with Gasteiger partial charge in [-0.2, -0.15) is 0 Å². The largest absolute Gasteiger partial charge is 0.308 e. The van der Waals surface area contributed by atoms with Gasteiger partial charge in [0.15, 0.2) is 0 Å². The summed E-state index contributed by atoms with van der Waals surface area (Å²) < 4.78 is 5.09. The molecule has 14 aromatic carbocycles. The van der Waals surface area contributed by atoms with E-state index in [1.807, 2.05) is 0 Å². The van der Waals surface area contributed by atoms with Crippen molar-refractivity contribution in [3.63, 3.8) is 0 Å². The van der Waals surface area contributed by atoms with Gasteiger partial charge in [0, 0.05) is 43.1 Å². The minimum atomic E-state index is 0.332. The van der Waals surface area contributed by atoms with Gasteiger partial charge in [-0.25, -0.2) is 0 Å². The molecule has 18 aromatic rings. The number of benzene rings is 14. The highest BCUT2D eigenvalue weighted by Crippen LogP contribution is 2.48. The summed E-state index contributed by atoms with van der Waals surface area (Å²) in [5.74, 6) is 0.721. The van der Waals surface area contributed by atoms with Gasteiger partial charge in [0.1, 0.15) is 0 Å². The molecule has 0 saturated carbocycles. The van der Waals surface area contributed by atoms with Crippen molar-refractivity contribution >= 4 is 119 Å². The highest BCUT2D eigenvalue weighted by Gasteiger charge is 2.24. The van der Waals surface area contributed by atoms with Crippen molar-refractivity contribution in [1.82, 2.24) is 8.80 Å². The summed E-state index contributed by atoms with van der Waals surface area (Å²) in [4.78, 5) is 0. The number of hydrogen-bond donors (Lipinski definition) is 0. The fraction of sp³-hybridized carbons (Fsp3) is 0.0732. The average Bonchev–Trinajstić information content (AvgIpc) is 1.60. The second kappa shape index (κ2) is 17.6. The summed E-state index contributed by atoms with van der Waals surface area (Å²) in [6.45, 7) is 9.26. The monoisotopic (exact) mass is 1070 g/mol. The van der Waals surface area contributed by atoms with Crippen LogP contribution in [0.4, 0.5) is 0 Å². The second-order valence-corrected chi connectivity index (χ2v) is 24.5. The summed E-state index contributed by atoms with van der Waals surface area (Å²) in [6.07, 6.45) is 0. The molecule has 0 saturated heterocycles. The standard InChI is InChI=1S/C82H56N2/c1-47(2)61-31-62(49-15-6-5-7-16-49)33-63(32-61)66-41-75-71-37-53-19-10-13-22-56(53)45-79(71)84-80-46-64-30-57(25-26-58(64)38-72(80)76(42-66)82(75)84)50-23-14-24-60(29-50)68-34-59(27-28-67(68)48(3)4)65-39-73-69-35-51-17-8-11-20-54(51)43-77(69)83-78-44-55-21-12-9-18-52(55)36-70(78)74(40-65)81(73)83/h5-48H,1-4H3. The first-order chi connectivity index (χ1) is 41.2. The molecule has 0 aliphatic heterocycles. The second-order valence-electron chi connectivity index (χ2n) is 24.5. The average molecular weight is 1070 g/mol. The van der Waals surface area contributed by atoms with Crippen LogP contribution in [0.5, 0.6) is 0 Å². The van der Waals surface area contributed by atoms with Gasteiger partial charge < -0.3 is 8.80 Å². The Labute approximate surface area is 486 Å². The molecule has 0 radical (unpaired) electrons. The van der Waals surface area contributed by atoms with Gasteiger partial charge in [-0.3, -0.25) is 0 Å². The molecule has 4 aromatic heterocycles. The lowest BCUT2D eigenvalue weighted by molar-refractivity contribution is 0.867. The summed E-state index contributed by atoms with van der Waals surface area (Å²) in [6, 6.07) is 97.2. The molecule has 4 heterocycles. The van der Waals surface area contributed by atoms with E-state index in [1.165, 1.54) is 186 Å². The molecule has 0 fully saturated rings. The third kappa shape index (κ3) is 6.98. The lowest BCUT2D eigenvalue weighted by Gasteiger charge is -2.17. The van der Waals surface area contributed by atoms with Crippen molar-refractivity contribution in [2.45, 2.75) is 39.5 Å². The van der Waals surface area contributed by atoms with E-state index in [2.05, 4.69) is 291 Å². The third-order valence-electron chi connectivity index (χ3n) is 18.9. The van der Waals surface area contributed by atoms with E-state index >= 15 is 0 Å². The van der Waals surface area contributed by atoms with E-state index in [4.69, 9.17) is 0 Å². The summed E-state index contributed by atoms with van der Waals surface area (Å²) in [7, 11) is 0. The number of fused-ring (bicyclic) bond motifs is 16. The third-order valence-corrected chi connectivity index (χ3v) is 18.9. The minimum absolute atomic E-state index is 0.332. The van der Waals surface area contributed by atoms with Gasteiger partial charge in [-0.05, 0) is 219 Å². The molecule has 2 nitrogen and oxygen atoms in total. The van der Waals surface area contributed by atoms with Gasteiger partial charge in [0.2, 0.25) is 0 Å². The van der Waals surface area contributed by atoms with Crippen molar-refractivity contribution in [2.24, 2.45) is 0 Å². The maximum atomic E-state index is 2.56. The molecular weight excluding hydrogens is 1010 g/mol. The minimum Gasteiger partial charge on any atom is -0.308 e. The Morgan fingerprint density at radius 3 is 1.10 bits per heavy atom. The van der Waals surface area contributed by atoms with Gasteiger partial charge in [-0.1, -0.05) is 185 Å². The van der Waals surface area contributed by atoms with Gasteiger partial charge in [0.05, 0.1) is 33.1 Å². The summed E-state index contributed by atoms with van der Waals surface area (Å²) >= 11 is 0. The molecule has 0 unspecified atom stereocenters. The molecular formula is C82H56N2. The molecule has 0 N–H and O–H groups in total. The van der Waals surface area contributed by atoms with Crippen LogP contribution in [0.25, 0.3) is 175 Å². The SMILES string of the molecule is CC(C)c1cc(-c2ccccc2)cc(-c2cc3c4cc5ccccc5cc4n4c5cc6cc(-c7cccc(-c8cc(-c9cc%10c%11cc%12ccccc%12cc%11n%11c%12cc%13ccccc%13cc%12c(c9)c%10%11)ccc8C(C)C)c7)ccc6cc5c(c2)c34)c1. The zero-order valence-corrected chi connectivity index (χ0v) is 47.3. The number of aromatic nitrogens is 2. The van der Waals surface area contributed by atoms with Gasteiger partial charge >= 0.3 is 0 Å². The van der Waals surface area contributed by atoms with Crippen LogP contribution in [-0.2, 0) is 0 Å². The molecule has 0 spiro atoms. The highest BCUT2D eigenvalue weighted by molar-refractivity contribution is 6.29. The van der Waals surface area contributed by atoms with Crippen LogP contribution in [0, 0.1) is 0 Å². The van der Waals surface area contributed by atoms with Crippen LogP contribution < -0.4 is 0 Å². The van der Waals surface area contributed by atoms with Crippen molar-refractivity contribution < 1.29 is 0 Å². The molecule has 18 rings (SSSR count). The zero-order chi connectivity index (χ0) is 55.6. The van der Waals surface area contributed by atoms with Crippen LogP contribution in [0.1, 0.15) is 50.7 Å². The summed E-state index contributed by atoms with van der Waals surface area (Å²) in [5, 5.41) is 20.4. The van der Waals surface area contributed by atoms with E-state index < -0.39 is 0 Å². The fourth-order valence-corrected chi connectivity index (χ4v) is 14.7. The zero-order valence-electron chi connectivity index (χ0n) is 47.3. The number of nitrogens with zero attached hydrogens (tertiary/aromatic N) is 2. The predicted molar refractivity (Wildman–Crippen MR) is 361 cm³/mol. The first-order valence-corrected chi connectivity index (χ1v) is 29.8. The lowest BCUT2D eigenvalue weighted by Crippen LogP contribution is -1.94. The maximum Gasteiger partial charge on any atom is 0.0620 e. The molecule has 2 heteroatoms. The van der Waals surface area contributed by atoms with E-state index in [9.17, 15) is 0 Å². The Bertz CT molecular complexity index is 5670. The number of rotatable bonds is 7. The smallest absolute Gasteiger partial charge is 0.0620 e. The summed E-state index contributed by atoms with van der Waals surface area (Å²) in [5.41, 5.74) is 22.7. The molecule has 394 valence electrons. The highest BCUT2D eigenvalue weighted by atomic mass is 14.9. The first-order valence-electron chi connectivity index (χ1n) is 29.8. The molecule has 0 aliphatic carbocycles. The quantitative estimate of drug-likeness (QED) is 0.150. The van der Waals surface area contributed by atoms with E-state index in [0.717, 1.165) is 0 Å². The van der Waals surface area contributed by atoms with Crippen molar-refractivity contribution in [1.29, 1.82) is 0 Å². The van der Waals surface area contributed by atoms with Gasteiger partial charge in [-0.15, -0.1) is 0 Å². The Morgan fingerprint density at radius 1 is 0.226 bits per heavy atom. The van der Waals surface area contributed by atoms with E-state index in [1.54, 1.807) is 0 Å². The Balaban J connectivity index is 0.790. The number of hydrogen-bond acceptors (Lipinski definition) is 0. The Kier molecular flexibility index (Phi) is 9.93. The normalized spacial score (nSPS) is 12.5. The molecule has 84 heavy (non-hydrogen) atoms. The van der Waals surface area contributed by atoms with Crippen LogP contribution in [0.15, 0.2) is 255 Å². The predicted octanol–water partition coefficient (Wildman–Crippen LogP) is 23.2. The van der Waals surface area contributed by atoms with Crippen LogP contribution in [0.3, 0.4) is 0 Å². The Morgan fingerprint density at radius 2 is 0.595 bits per heavy atom. The van der Waals surface area contributed by atoms with E-state index in [0.29, 0.717) is 11.8 Å². The van der Waals surface area contributed by atoms with Crippen molar-refractivity contribution in [3.05, 3.63) is 266 Å². The fourth-order valence-electron chi connectivity index (χ4n) is 14.7. The Hall–Kier alpha value is -10.3. The van der Waals surface area contributed by atoms with Crippen LogP contribution in [-0.4, -0.2) is 8.80 Å². The molecule has 0 amide bonds. The van der Waals surface area contributed by atoms with Crippen molar-refractivity contribution in [3.8, 4) is 55.6 Å². The van der Waals surface area contributed by atoms with Crippen LogP contribution in [0.2, 0.25) is 0 Å².